The van der Waals surface area contributed by atoms with E-state index in [2.05, 4.69) is 17.2 Å². The summed E-state index contributed by atoms with van der Waals surface area (Å²) in [7, 11) is 0. The summed E-state index contributed by atoms with van der Waals surface area (Å²) in [5.41, 5.74) is 1.28. The maximum Gasteiger partial charge on any atom is 0.273 e. The molecule has 3 rings (SSSR count). The highest BCUT2D eigenvalue weighted by Gasteiger charge is 2.25. The van der Waals surface area contributed by atoms with Gasteiger partial charge in [0.05, 0.1) is 0 Å². The lowest BCUT2D eigenvalue weighted by atomic mass is 9.86. The van der Waals surface area contributed by atoms with Gasteiger partial charge in [0.2, 0.25) is 5.89 Å². The fraction of sp³-hybridized carbons (Fsp3) is 0.444. The molecule has 0 aliphatic heterocycles. The van der Waals surface area contributed by atoms with Gasteiger partial charge in [0.1, 0.15) is 5.76 Å². The molecular formula is C18H22N2O2. The zero-order valence-corrected chi connectivity index (χ0v) is 13.1. The number of nitrogens with one attached hydrogen (secondary N) is 1. The number of oxazole rings is 1. The van der Waals surface area contributed by atoms with Crippen molar-refractivity contribution >= 4 is 5.91 Å². The highest BCUT2D eigenvalue weighted by Crippen LogP contribution is 2.25. The number of benzene rings is 1. The molecule has 2 atom stereocenters. The Hall–Kier alpha value is -2.10. The first-order valence-electron chi connectivity index (χ1n) is 7.99. The predicted molar refractivity (Wildman–Crippen MR) is 85.6 cm³/mol. The van der Waals surface area contributed by atoms with Crippen LogP contribution in [0.5, 0.6) is 0 Å². The van der Waals surface area contributed by atoms with Crippen LogP contribution >= 0.6 is 0 Å². The topological polar surface area (TPSA) is 55.1 Å². The molecule has 22 heavy (non-hydrogen) atoms. The van der Waals surface area contributed by atoms with Gasteiger partial charge in [0.15, 0.2) is 5.69 Å². The summed E-state index contributed by atoms with van der Waals surface area (Å²) in [4.78, 5) is 16.9. The van der Waals surface area contributed by atoms with E-state index in [0.29, 0.717) is 23.3 Å². The van der Waals surface area contributed by atoms with Crippen LogP contribution in [0.4, 0.5) is 0 Å². The molecule has 116 valence electrons. The van der Waals surface area contributed by atoms with Crippen LogP contribution in [0.25, 0.3) is 11.5 Å². The molecule has 0 unspecified atom stereocenters. The van der Waals surface area contributed by atoms with Gasteiger partial charge in [-0.2, -0.15) is 0 Å². The smallest absolute Gasteiger partial charge is 0.273 e. The molecule has 1 saturated carbocycles. The van der Waals surface area contributed by atoms with Crippen LogP contribution in [-0.2, 0) is 0 Å². The molecule has 4 nitrogen and oxygen atoms in total. The molecule has 1 aliphatic carbocycles. The van der Waals surface area contributed by atoms with E-state index in [1.54, 1.807) is 6.92 Å². The van der Waals surface area contributed by atoms with E-state index in [1.807, 2.05) is 30.3 Å². The Morgan fingerprint density at radius 1 is 1.23 bits per heavy atom. The Morgan fingerprint density at radius 2 is 1.95 bits per heavy atom. The number of carbonyl (C=O) groups excluding carboxylic acids is 1. The van der Waals surface area contributed by atoms with Crippen LogP contribution in [-0.4, -0.2) is 16.9 Å². The van der Waals surface area contributed by atoms with E-state index in [-0.39, 0.29) is 11.9 Å². The standard InChI is InChI=1S/C18H22N2O2/c1-12-8-6-7-11-15(12)19-17(21)16-13(2)22-18(20-16)14-9-4-3-5-10-14/h3-5,9-10,12,15H,6-8,11H2,1-2H3,(H,19,21)/t12-,15+/m1/s1. The van der Waals surface area contributed by atoms with Crippen molar-refractivity contribution in [2.24, 2.45) is 5.92 Å². The van der Waals surface area contributed by atoms with Crippen molar-refractivity contribution in [3.05, 3.63) is 41.8 Å². The predicted octanol–water partition coefficient (Wildman–Crippen LogP) is 3.96. The highest BCUT2D eigenvalue weighted by atomic mass is 16.4. The third-order valence-corrected chi connectivity index (χ3v) is 4.46. The lowest BCUT2D eigenvalue weighted by molar-refractivity contribution is 0.0904. The number of hydrogen-bond acceptors (Lipinski definition) is 3. The fourth-order valence-electron chi connectivity index (χ4n) is 3.08. The molecule has 1 heterocycles. The van der Waals surface area contributed by atoms with Gasteiger partial charge in [0.25, 0.3) is 5.91 Å². The average Bonchev–Trinajstić information content (AvgIpc) is 2.92. The molecule has 1 aromatic heterocycles. The zero-order valence-electron chi connectivity index (χ0n) is 13.1. The number of hydrogen-bond donors (Lipinski definition) is 1. The minimum absolute atomic E-state index is 0.123. The molecule has 0 bridgehead atoms. The van der Waals surface area contributed by atoms with Crippen molar-refractivity contribution in [1.29, 1.82) is 0 Å². The number of amides is 1. The summed E-state index contributed by atoms with van der Waals surface area (Å²) in [5, 5.41) is 3.13. The summed E-state index contributed by atoms with van der Waals surface area (Å²) in [5.74, 6) is 1.47. The summed E-state index contributed by atoms with van der Waals surface area (Å²) >= 11 is 0. The van der Waals surface area contributed by atoms with Crippen molar-refractivity contribution < 1.29 is 9.21 Å². The van der Waals surface area contributed by atoms with E-state index in [0.717, 1.165) is 12.0 Å². The summed E-state index contributed by atoms with van der Waals surface area (Å²) in [6.45, 7) is 3.99. The lowest BCUT2D eigenvalue weighted by Crippen LogP contribution is -2.41. The number of carbonyl (C=O) groups is 1. The SMILES string of the molecule is Cc1oc(-c2ccccc2)nc1C(=O)N[C@H]1CCCC[C@H]1C. The third kappa shape index (κ3) is 3.06. The summed E-state index contributed by atoms with van der Waals surface area (Å²) in [6.07, 6.45) is 4.67. The summed E-state index contributed by atoms with van der Waals surface area (Å²) < 4.78 is 5.67. The molecule has 1 N–H and O–H groups in total. The molecule has 1 aromatic carbocycles. The molecule has 1 aliphatic rings. The Balaban J connectivity index is 1.77. The van der Waals surface area contributed by atoms with E-state index >= 15 is 0 Å². The Morgan fingerprint density at radius 3 is 2.68 bits per heavy atom. The second-order valence-electron chi connectivity index (χ2n) is 6.13. The fourth-order valence-corrected chi connectivity index (χ4v) is 3.08. The van der Waals surface area contributed by atoms with Crippen LogP contribution in [0, 0.1) is 12.8 Å². The number of aromatic nitrogens is 1. The number of aryl methyl sites for hydroxylation is 1. The average molecular weight is 298 g/mol. The van der Waals surface area contributed by atoms with E-state index in [9.17, 15) is 4.79 Å². The molecular weight excluding hydrogens is 276 g/mol. The largest absolute Gasteiger partial charge is 0.441 e. The maximum atomic E-state index is 12.5. The van der Waals surface area contributed by atoms with Gasteiger partial charge in [-0.1, -0.05) is 38.0 Å². The Labute approximate surface area is 130 Å². The second kappa shape index (κ2) is 6.34. The van der Waals surface area contributed by atoms with E-state index in [1.165, 1.54) is 19.3 Å². The molecule has 4 heteroatoms. The zero-order chi connectivity index (χ0) is 15.5. The molecule has 2 aromatic rings. The molecule has 1 fully saturated rings. The molecule has 0 radical (unpaired) electrons. The normalized spacial score (nSPS) is 21.5. The van der Waals surface area contributed by atoms with Gasteiger partial charge >= 0.3 is 0 Å². The van der Waals surface area contributed by atoms with Crippen molar-refractivity contribution in [1.82, 2.24) is 10.3 Å². The van der Waals surface area contributed by atoms with Crippen molar-refractivity contribution in [2.45, 2.75) is 45.6 Å². The molecule has 0 spiro atoms. The minimum Gasteiger partial charge on any atom is -0.441 e. The van der Waals surface area contributed by atoms with Gasteiger partial charge in [-0.25, -0.2) is 4.98 Å². The Bertz CT molecular complexity index is 648. The van der Waals surface area contributed by atoms with E-state index in [4.69, 9.17) is 4.42 Å². The van der Waals surface area contributed by atoms with E-state index < -0.39 is 0 Å². The van der Waals surface area contributed by atoms with Crippen molar-refractivity contribution in [2.75, 3.05) is 0 Å². The lowest BCUT2D eigenvalue weighted by Gasteiger charge is -2.29. The first-order valence-corrected chi connectivity index (χ1v) is 7.99. The van der Waals surface area contributed by atoms with Gasteiger partial charge in [0, 0.05) is 11.6 Å². The van der Waals surface area contributed by atoms with Crippen LogP contribution in [0.3, 0.4) is 0 Å². The second-order valence-corrected chi connectivity index (χ2v) is 6.13. The van der Waals surface area contributed by atoms with Crippen LogP contribution in [0.2, 0.25) is 0 Å². The van der Waals surface area contributed by atoms with Gasteiger partial charge in [-0.15, -0.1) is 0 Å². The Kier molecular flexibility index (Phi) is 4.27. The highest BCUT2D eigenvalue weighted by molar-refractivity contribution is 5.93. The van der Waals surface area contributed by atoms with Gasteiger partial charge in [-0.3, -0.25) is 4.79 Å². The molecule has 1 amide bonds. The first-order chi connectivity index (χ1) is 10.6. The quantitative estimate of drug-likeness (QED) is 0.933. The molecule has 0 saturated heterocycles. The van der Waals surface area contributed by atoms with Crippen LogP contribution in [0.1, 0.15) is 48.9 Å². The monoisotopic (exact) mass is 298 g/mol. The summed E-state index contributed by atoms with van der Waals surface area (Å²) in [6, 6.07) is 9.90. The minimum atomic E-state index is -0.123. The van der Waals surface area contributed by atoms with Crippen molar-refractivity contribution in [3.8, 4) is 11.5 Å². The number of nitrogens with zero attached hydrogens (tertiary/aromatic N) is 1. The third-order valence-electron chi connectivity index (χ3n) is 4.46. The maximum absolute atomic E-state index is 12.5. The van der Waals surface area contributed by atoms with Crippen molar-refractivity contribution in [3.63, 3.8) is 0 Å². The van der Waals surface area contributed by atoms with Crippen LogP contribution < -0.4 is 5.32 Å². The first kappa shape index (κ1) is 14.8. The van der Waals surface area contributed by atoms with Gasteiger partial charge in [-0.05, 0) is 37.8 Å². The van der Waals surface area contributed by atoms with Crippen LogP contribution in [0.15, 0.2) is 34.7 Å². The van der Waals surface area contributed by atoms with Gasteiger partial charge < -0.3 is 9.73 Å². The number of rotatable bonds is 3.